The van der Waals surface area contributed by atoms with Crippen molar-refractivity contribution in [3.63, 3.8) is 0 Å². The first kappa shape index (κ1) is 13.1. The summed E-state index contributed by atoms with van der Waals surface area (Å²) in [5, 5.41) is 1.47. The van der Waals surface area contributed by atoms with Crippen LogP contribution in [0.4, 0.5) is 0 Å². The van der Waals surface area contributed by atoms with Crippen molar-refractivity contribution < 1.29 is 9.63 Å². The van der Waals surface area contributed by atoms with Crippen LogP contribution in [0.2, 0.25) is 0 Å². The van der Waals surface area contributed by atoms with Gasteiger partial charge in [-0.25, -0.2) is 5.06 Å². The zero-order chi connectivity index (χ0) is 13.9. The molecule has 1 amide bonds. The van der Waals surface area contributed by atoms with Crippen LogP contribution in [0.25, 0.3) is 0 Å². The van der Waals surface area contributed by atoms with Crippen molar-refractivity contribution >= 4 is 5.91 Å². The summed E-state index contributed by atoms with van der Waals surface area (Å²) in [6, 6.07) is 9.88. The van der Waals surface area contributed by atoms with Crippen LogP contribution in [0.1, 0.15) is 5.56 Å². The largest absolute Gasteiger partial charge is 0.272 e. The molecule has 0 aromatic heterocycles. The number of fused-ring (bicyclic) bond motifs is 2. The zero-order valence-electron chi connectivity index (χ0n) is 11.3. The molecular formula is C16H18N2O2. The lowest BCUT2D eigenvalue weighted by Gasteiger charge is -2.45. The first-order valence-corrected chi connectivity index (χ1v) is 6.82. The van der Waals surface area contributed by atoms with Gasteiger partial charge < -0.3 is 0 Å². The lowest BCUT2D eigenvalue weighted by Crippen LogP contribution is -2.58. The molecule has 3 unspecified atom stereocenters. The van der Waals surface area contributed by atoms with Crippen LogP contribution in [0.3, 0.4) is 0 Å². The first-order valence-electron chi connectivity index (χ1n) is 6.82. The van der Waals surface area contributed by atoms with Crippen LogP contribution in [-0.4, -0.2) is 41.2 Å². The van der Waals surface area contributed by atoms with E-state index in [1.165, 1.54) is 5.06 Å². The number of hydrogen-bond donors (Lipinski definition) is 0. The number of nitrogens with zero attached hydrogens (tertiary/aromatic N) is 2. The summed E-state index contributed by atoms with van der Waals surface area (Å²) in [5.41, 5.74) is 1.00. The number of carbonyl (C=O) groups excluding carboxylic acids is 1. The van der Waals surface area contributed by atoms with Crippen LogP contribution in [0.5, 0.6) is 0 Å². The smallest absolute Gasteiger partial charge is 0.251 e. The number of hydrogen-bond acceptors (Lipinski definition) is 3. The molecule has 20 heavy (non-hydrogen) atoms. The summed E-state index contributed by atoms with van der Waals surface area (Å²) in [5.74, 6) is -0.0102. The molecule has 4 heteroatoms. The number of rotatable bonds is 3. The van der Waals surface area contributed by atoms with Gasteiger partial charge in [-0.15, -0.1) is 6.58 Å². The van der Waals surface area contributed by atoms with Gasteiger partial charge in [-0.2, -0.15) is 0 Å². The molecule has 2 bridgehead atoms. The normalized spacial score (nSPS) is 28.2. The van der Waals surface area contributed by atoms with Crippen LogP contribution >= 0.6 is 0 Å². The van der Waals surface area contributed by atoms with Gasteiger partial charge in [0.15, 0.2) is 0 Å². The Hall–Kier alpha value is -1.91. The van der Waals surface area contributed by atoms with E-state index in [-0.39, 0.29) is 18.1 Å². The maximum atomic E-state index is 12.3. The number of hydroxylamine groups is 2. The molecular weight excluding hydrogens is 252 g/mol. The van der Waals surface area contributed by atoms with E-state index < -0.39 is 0 Å². The fourth-order valence-corrected chi connectivity index (χ4v) is 2.65. The van der Waals surface area contributed by atoms with E-state index in [9.17, 15) is 4.79 Å². The van der Waals surface area contributed by atoms with Gasteiger partial charge in [0.2, 0.25) is 0 Å². The molecule has 104 valence electrons. The number of carbonyl (C=O) groups is 1. The summed E-state index contributed by atoms with van der Waals surface area (Å²) in [6.07, 6.45) is 6.21. The van der Waals surface area contributed by atoms with E-state index in [2.05, 4.69) is 17.6 Å². The van der Waals surface area contributed by atoms with Gasteiger partial charge in [-0.1, -0.05) is 48.6 Å². The fraction of sp³-hybridized carbons (Fsp3) is 0.312. The Morgan fingerprint density at radius 2 is 2.20 bits per heavy atom. The second kappa shape index (κ2) is 5.61. The highest BCUT2D eigenvalue weighted by atomic mass is 16.7. The minimum atomic E-state index is -0.116. The molecule has 0 saturated carbocycles. The molecule has 4 nitrogen and oxygen atoms in total. The second-order valence-corrected chi connectivity index (χ2v) is 5.07. The van der Waals surface area contributed by atoms with Crippen molar-refractivity contribution in [3.05, 3.63) is 60.7 Å². The fourth-order valence-electron chi connectivity index (χ4n) is 2.65. The lowest BCUT2D eigenvalue weighted by molar-refractivity contribution is -0.246. The Morgan fingerprint density at radius 1 is 1.40 bits per heavy atom. The van der Waals surface area contributed by atoms with Crippen molar-refractivity contribution in [2.24, 2.45) is 0 Å². The average molecular weight is 270 g/mol. The highest BCUT2D eigenvalue weighted by Gasteiger charge is 2.36. The summed E-state index contributed by atoms with van der Waals surface area (Å²) in [6.45, 7) is 5.16. The minimum Gasteiger partial charge on any atom is -0.272 e. The quantitative estimate of drug-likeness (QED) is 0.785. The number of benzene rings is 1. The van der Waals surface area contributed by atoms with Crippen LogP contribution in [0, 0.1) is 0 Å². The van der Waals surface area contributed by atoms with Gasteiger partial charge in [0.1, 0.15) is 12.8 Å². The van der Waals surface area contributed by atoms with E-state index in [1.54, 1.807) is 0 Å². The third-order valence-electron chi connectivity index (χ3n) is 3.70. The van der Waals surface area contributed by atoms with Crippen LogP contribution in [0.15, 0.2) is 55.1 Å². The molecule has 1 fully saturated rings. The monoisotopic (exact) mass is 270 g/mol. The molecule has 1 aromatic carbocycles. The number of amides is 1. The standard InChI is InChI=1S/C16H18N2O2/c1-2-14-15-9-6-10-17(14)12-18(20-15)16(19)11-13-7-4-3-5-8-13/h2-9,14-15H,1,10-12H2. The van der Waals surface area contributed by atoms with Gasteiger partial charge in [-0.3, -0.25) is 14.5 Å². The zero-order valence-corrected chi connectivity index (χ0v) is 11.3. The Kier molecular flexibility index (Phi) is 3.67. The first-order chi connectivity index (χ1) is 9.78. The molecule has 2 heterocycles. The second-order valence-electron chi connectivity index (χ2n) is 5.07. The highest BCUT2D eigenvalue weighted by Crippen LogP contribution is 2.23. The Balaban J connectivity index is 1.69. The SMILES string of the molecule is C=CC1C2C=CCN1CN(C(=O)Cc1ccccc1)O2. The van der Waals surface area contributed by atoms with Gasteiger partial charge in [0.25, 0.3) is 5.91 Å². The summed E-state index contributed by atoms with van der Waals surface area (Å²) in [4.78, 5) is 20.3. The molecule has 1 aromatic rings. The van der Waals surface area contributed by atoms with E-state index in [4.69, 9.17) is 4.84 Å². The van der Waals surface area contributed by atoms with Crippen molar-refractivity contribution in [2.45, 2.75) is 18.6 Å². The third kappa shape index (κ3) is 2.53. The molecule has 2 aliphatic heterocycles. The average Bonchev–Trinajstić information content (AvgIpc) is 2.46. The molecule has 1 saturated heterocycles. The Bertz CT molecular complexity index is 527. The summed E-state index contributed by atoms with van der Waals surface area (Å²) in [7, 11) is 0. The molecule has 0 N–H and O–H groups in total. The van der Waals surface area contributed by atoms with Gasteiger partial charge in [-0.05, 0) is 5.56 Å². The molecule has 0 radical (unpaired) electrons. The predicted molar refractivity (Wildman–Crippen MR) is 76.6 cm³/mol. The third-order valence-corrected chi connectivity index (χ3v) is 3.70. The minimum absolute atomic E-state index is 0.0102. The van der Waals surface area contributed by atoms with Crippen LogP contribution < -0.4 is 0 Å². The Morgan fingerprint density at radius 3 is 2.90 bits per heavy atom. The van der Waals surface area contributed by atoms with Gasteiger partial charge >= 0.3 is 0 Å². The van der Waals surface area contributed by atoms with Crippen molar-refractivity contribution in [1.29, 1.82) is 0 Å². The van der Waals surface area contributed by atoms with Crippen molar-refractivity contribution in [3.8, 4) is 0 Å². The lowest BCUT2D eigenvalue weighted by atomic mass is 10.0. The molecule has 0 aliphatic carbocycles. The molecule has 2 aliphatic rings. The predicted octanol–water partition coefficient (Wildman–Crippen LogP) is 1.76. The molecule has 3 rings (SSSR count). The van der Waals surface area contributed by atoms with Gasteiger partial charge in [0.05, 0.1) is 12.5 Å². The van der Waals surface area contributed by atoms with E-state index in [1.807, 2.05) is 42.5 Å². The summed E-state index contributed by atoms with van der Waals surface area (Å²) >= 11 is 0. The maximum Gasteiger partial charge on any atom is 0.251 e. The van der Waals surface area contributed by atoms with Crippen molar-refractivity contribution in [2.75, 3.05) is 13.2 Å². The Labute approximate surface area is 118 Å². The van der Waals surface area contributed by atoms with E-state index in [0.29, 0.717) is 13.1 Å². The topological polar surface area (TPSA) is 32.8 Å². The highest BCUT2D eigenvalue weighted by molar-refractivity contribution is 5.77. The maximum absolute atomic E-state index is 12.3. The van der Waals surface area contributed by atoms with Crippen molar-refractivity contribution in [1.82, 2.24) is 9.96 Å². The molecule has 3 atom stereocenters. The van der Waals surface area contributed by atoms with Crippen LogP contribution in [-0.2, 0) is 16.1 Å². The molecule has 0 spiro atoms. The van der Waals surface area contributed by atoms with E-state index in [0.717, 1.165) is 12.1 Å². The summed E-state index contributed by atoms with van der Waals surface area (Å²) < 4.78 is 0. The van der Waals surface area contributed by atoms with Gasteiger partial charge in [0, 0.05) is 6.54 Å². The van der Waals surface area contributed by atoms with E-state index >= 15 is 0 Å².